The number of amides is 2. The van der Waals surface area contributed by atoms with Crippen LogP contribution in [0.4, 0.5) is 0 Å². The molecule has 2 amide bonds. The molecule has 5 rings (SSSR count). The van der Waals surface area contributed by atoms with E-state index in [-0.39, 0.29) is 23.3 Å². The highest BCUT2D eigenvalue weighted by atomic mass is 32.1. The van der Waals surface area contributed by atoms with Gasteiger partial charge in [0.1, 0.15) is 6.04 Å². The second-order valence-corrected chi connectivity index (χ2v) is 10.3. The zero-order valence-electron chi connectivity index (χ0n) is 18.1. The Morgan fingerprint density at radius 3 is 2.61 bits per heavy atom. The quantitative estimate of drug-likeness (QED) is 0.727. The van der Waals surface area contributed by atoms with Crippen molar-refractivity contribution in [1.82, 2.24) is 14.8 Å². The van der Waals surface area contributed by atoms with Crippen molar-refractivity contribution in [3.05, 3.63) is 29.3 Å². The summed E-state index contributed by atoms with van der Waals surface area (Å²) >= 11 is 1.66. The van der Waals surface area contributed by atoms with E-state index >= 15 is 0 Å². The standard InChI is InChI=1S/C24H31N3O3S/c28-21(9-8-20-25-18-6-1-2-7-19(18)31-20)27-15-5-10-24(11-16-30-17-12-24)22(27)23(29)26-13-3-4-14-26/h1-2,6-7,22H,3-5,8-17H2. The Balaban J connectivity index is 1.35. The van der Waals surface area contributed by atoms with Crippen molar-refractivity contribution in [2.45, 2.75) is 57.4 Å². The predicted octanol–water partition coefficient (Wildman–Crippen LogP) is 3.64. The van der Waals surface area contributed by atoms with Gasteiger partial charge < -0.3 is 14.5 Å². The summed E-state index contributed by atoms with van der Waals surface area (Å²) < 4.78 is 6.80. The number of aromatic nitrogens is 1. The summed E-state index contributed by atoms with van der Waals surface area (Å²) in [6.07, 6.45) is 6.92. The van der Waals surface area contributed by atoms with Crippen LogP contribution < -0.4 is 0 Å². The van der Waals surface area contributed by atoms with Crippen LogP contribution in [0.25, 0.3) is 10.2 Å². The third-order valence-electron chi connectivity index (χ3n) is 7.32. The van der Waals surface area contributed by atoms with Crippen molar-refractivity contribution >= 4 is 33.4 Å². The van der Waals surface area contributed by atoms with Gasteiger partial charge in [0.15, 0.2) is 0 Å². The second kappa shape index (κ2) is 8.87. The first kappa shape index (κ1) is 20.9. The number of hydrogen-bond acceptors (Lipinski definition) is 5. The number of para-hydroxylation sites is 1. The topological polar surface area (TPSA) is 62.7 Å². The lowest BCUT2D eigenvalue weighted by molar-refractivity contribution is -0.160. The molecule has 6 nitrogen and oxygen atoms in total. The van der Waals surface area contributed by atoms with Gasteiger partial charge in [-0.2, -0.15) is 0 Å². The van der Waals surface area contributed by atoms with Crippen molar-refractivity contribution in [1.29, 1.82) is 0 Å². The Labute approximate surface area is 187 Å². The monoisotopic (exact) mass is 441 g/mol. The van der Waals surface area contributed by atoms with Gasteiger partial charge in [0.2, 0.25) is 11.8 Å². The van der Waals surface area contributed by atoms with Crippen molar-refractivity contribution in [2.24, 2.45) is 5.41 Å². The van der Waals surface area contributed by atoms with Crippen LogP contribution in [-0.4, -0.2) is 65.5 Å². The molecule has 1 spiro atoms. The van der Waals surface area contributed by atoms with E-state index in [0.717, 1.165) is 66.8 Å². The van der Waals surface area contributed by atoms with Crippen LogP contribution in [0.1, 0.15) is 50.0 Å². The summed E-state index contributed by atoms with van der Waals surface area (Å²) in [7, 11) is 0. The summed E-state index contributed by atoms with van der Waals surface area (Å²) in [6.45, 7) is 3.73. The molecule has 3 aliphatic rings. The van der Waals surface area contributed by atoms with E-state index in [2.05, 4.69) is 11.1 Å². The van der Waals surface area contributed by atoms with Crippen LogP contribution in [-0.2, 0) is 20.7 Å². The molecular formula is C24H31N3O3S. The summed E-state index contributed by atoms with van der Waals surface area (Å²) in [5.41, 5.74) is 0.873. The van der Waals surface area contributed by atoms with Crippen LogP contribution in [0.3, 0.4) is 0 Å². The van der Waals surface area contributed by atoms with Gasteiger partial charge in [0, 0.05) is 51.1 Å². The molecule has 31 heavy (non-hydrogen) atoms. The number of thiazole rings is 1. The first-order valence-electron chi connectivity index (χ1n) is 11.7. The molecule has 0 bridgehead atoms. The molecule has 1 aromatic heterocycles. The minimum absolute atomic E-state index is 0.0994. The van der Waals surface area contributed by atoms with Crippen LogP contribution in [0.5, 0.6) is 0 Å². The minimum atomic E-state index is -0.328. The molecular weight excluding hydrogens is 410 g/mol. The SMILES string of the molecule is O=C(C1N(C(=O)CCc2nc3ccccc3s2)CCCC12CCOCC2)N1CCCC1. The molecule has 0 radical (unpaired) electrons. The van der Waals surface area contributed by atoms with Crippen LogP contribution in [0, 0.1) is 5.41 Å². The van der Waals surface area contributed by atoms with Gasteiger partial charge in [-0.25, -0.2) is 4.98 Å². The average molecular weight is 442 g/mol. The normalized spacial score (nSPS) is 23.5. The van der Waals surface area contributed by atoms with E-state index in [1.807, 2.05) is 28.0 Å². The minimum Gasteiger partial charge on any atom is -0.381 e. The Morgan fingerprint density at radius 2 is 1.84 bits per heavy atom. The number of piperidine rings is 1. The highest BCUT2D eigenvalue weighted by Crippen LogP contribution is 2.45. The number of nitrogens with zero attached hydrogens (tertiary/aromatic N) is 3. The third kappa shape index (κ3) is 4.10. The van der Waals surface area contributed by atoms with E-state index in [0.29, 0.717) is 32.6 Å². The smallest absolute Gasteiger partial charge is 0.245 e. The molecule has 166 valence electrons. The van der Waals surface area contributed by atoms with Crippen molar-refractivity contribution in [2.75, 3.05) is 32.8 Å². The first-order valence-corrected chi connectivity index (χ1v) is 12.5. The molecule has 2 aromatic rings. The number of fused-ring (bicyclic) bond motifs is 1. The number of carbonyl (C=O) groups is 2. The number of ether oxygens (including phenoxy) is 1. The number of benzene rings is 1. The van der Waals surface area contributed by atoms with Gasteiger partial charge in [-0.1, -0.05) is 12.1 Å². The maximum absolute atomic E-state index is 13.7. The fourth-order valence-electron chi connectivity index (χ4n) is 5.66. The Kier molecular flexibility index (Phi) is 5.97. The van der Waals surface area contributed by atoms with Gasteiger partial charge in [0.05, 0.1) is 15.2 Å². The van der Waals surface area contributed by atoms with E-state index in [1.165, 1.54) is 0 Å². The lowest BCUT2D eigenvalue weighted by Gasteiger charge is -2.51. The summed E-state index contributed by atoms with van der Waals surface area (Å²) in [5.74, 6) is 0.273. The van der Waals surface area contributed by atoms with E-state index in [1.54, 1.807) is 11.3 Å². The van der Waals surface area contributed by atoms with Gasteiger partial charge >= 0.3 is 0 Å². The highest BCUT2D eigenvalue weighted by molar-refractivity contribution is 7.18. The second-order valence-electron chi connectivity index (χ2n) is 9.18. The van der Waals surface area contributed by atoms with Crippen molar-refractivity contribution in [3.8, 4) is 0 Å². The number of likely N-dealkylation sites (tertiary alicyclic amines) is 2. The molecule has 3 aliphatic heterocycles. The maximum Gasteiger partial charge on any atom is 0.245 e. The fourth-order valence-corrected chi connectivity index (χ4v) is 6.62. The van der Waals surface area contributed by atoms with E-state index < -0.39 is 0 Å². The van der Waals surface area contributed by atoms with Crippen LogP contribution in [0.15, 0.2) is 24.3 Å². The van der Waals surface area contributed by atoms with Gasteiger partial charge in [-0.3, -0.25) is 9.59 Å². The molecule has 4 heterocycles. The van der Waals surface area contributed by atoms with Crippen LogP contribution >= 0.6 is 11.3 Å². The van der Waals surface area contributed by atoms with Gasteiger partial charge in [0.25, 0.3) is 0 Å². The molecule has 7 heteroatoms. The summed E-state index contributed by atoms with van der Waals surface area (Å²) in [6, 6.07) is 7.77. The third-order valence-corrected chi connectivity index (χ3v) is 8.41. The first-order chi connectivity index (χ1) is 15.2. The van der Waals surface area contributed by atoms with E-state index in [4.69, 9.17) is 4.74 Å². The fraction of sp³-hybridized carbons (Fsp3) is 0.625. The number of hydrogen-bond donors (Lipinski definition) is 0. The molecule has 0 aliphatic carbocycles. The van der Waals surface area contributed by atoms with Gasteiger partial charge in [-0.15, -0.1) is 11.3 Å². The molecule has 1 unspecified atom stereocenters. The number of rotatable bonds is 4. The zero-order valence-corrected chi connectivity index (χ0v) is 18.9. The molecule has 3 saturated heterocycles. The highest BCUT2D eigenvalue weighted by Gasteiger charge is 2.51. The van der Waals surface area contributed by atoms with E-state index in [9.17, 15) is 9.59 Å². The lowest BCUT2D eigenvalue weighted by Crippen LogP contribution is -2.62. The Hall–Kier alpha value is -1.99. The average Bonchev–Trinajstić information content (AvgIpc) is 3.47. The maximum atomic E-state index is 13.7. The summed E-state index contributed by atoms with van der Waals surface area (Å²) in [4.78, 5) is 35.7. The van der Waals surface area contributed by atoms with Crippen molar-refractivity contribution in [3.63, 3.8) is 0 Å². The van der Waals surface area contributed by atoms with Gasteiger partial charge in [-0.05, 0) is 50.7 Å². The Morgan fingerprint density at radius 1 is 1.06 bits per heavy atom. The Bertz CT molecular complexity index is 908. The largest absolute Gasteiger partial charge is 0.381 e. The number of aryl methyl sites for hydroxylation is 1. The summed E-state index contributed by atoms with van der Waals surface area (Å²) in [5, 5.41) is 0.995. The molecule has 1 atom stereocenters. The van der Waals surface area contributed by atoms with Crippen molar-refractivity contribution < 1.29 is 14.3 Å². The molecule has 1 aromatic carbocycles. The zero-order chi connectivity index (χ0) is 21.3. The molecule has 0 saturated carbocycles. The van der Waals surface area contributed by atoms with Crippen LogP contribution in [0.2, 0.25) is 0 Å². The predicted molar refractivity (Wildman–Crippen MR) is 121 cm³/mol. The lowest BCUT2D eigenvalue weighted by atomic mass is 9.67. The molecule has 3 fully saturated rings. The molecule has 0 N–H and O–H groups in total. The number of carbonyl (C=O) groups excluding carboxylic acids is 2.